The summed E-state index contributed by atoms with van der Waals surface area (Å²) < 4.78 is 33.1. The van der Waals surface area contributed by atoms with E-state index in [9.17, 15) is 13.2 Å². The second-order valence-electron chi connectivity index (χ2n) is 8.00. The smallest absolute Gasteiger partial charge is 0.263 e. The molecule has 1 atom stereocenters. The number of piperazine rings is 1. The van der Waals surface area contributed by atoms with Gasteiger partial charge in [0, 0.05) is 26.2 Å². The summed E-state index contributed by atoms with van der Waals surface area (Å²) in [6.45, 7) is 9.09. The first-order chi connectivity index (χ1) is 14.2. The monoisotopic (exact) mass is 430 g/mol. The maximum atomic E-state index is 12.9. The minimum Gasteiger partial charge on any atom is -0.481 e. The van der Waals surface area contributed by atoms with Crippen LogP contribution in [0.2, 0.25) is 0 Å². The van der Waals surface area contributed by atoms with E-state index in [1.165, 1.54) is 4.31 Å². The summed E-state index contributed by atoms with van der Waals surface area (Å²) in [6, 6.07) is 14.6. The molecule has 1 aliphatic rings. The van der Waals surface area contributed by atoms with Crippen LogP contribution in [0.4, 0.5) is 0 Å². The SMILES string of the molecule is Cc1ccc(S(=O)(=O)N2CCN(C(=O)[C@@H](C)Oc3ccccc3C(C)C)CC2)cc1. The van der Waals surface area contributed by atoms with Gasteiger partial charge in [-0.15, -0.1) is 0 Å². The lowest BCUT2D eigenvalue weighted by atomic mass is 10.0. The van der Waals surface area contributed by atoms with E-state index in [4.69, 9.17) is 4.74 Å². The molecular formula is C23H30N2O4S. The van der Waals surface area contributed by atoms with Gasteiger partial charge in [0.2, 0.25) is 10.0 Å². The van der Waals surface area contributed by atoms with Crippen LogP contribution in [-0.4, -0.2) is 55.8 Å². The molecule has 3 rings (SSSR count). The van der Waals surface area contributed by atoms with Crippen LogP contribution in [0.25, 0.3) is 0 Å². The first-order valence-corrected chi connectivity index (χ1v) is 11.8. The Morgan fingerprint density at radius 1 is 0.933 bits per heavy atom. The molecule has 6 nitrogen and oxygen atoms in total. The number of aryl methyl sites for hydroxylation is 1. The zero-order chi connectivity index (χ0) is 21.9. The highest BCUT2D eigenvalue weighted by atomic mass is 32.2. The maximum Gasteiger partial charge on any atom is 0.263 e. The van der Waals surface area contributed by atoms with E-state index in [1.807, 2.05) is 31.2 Å². The molecule has 2 aromatic carbocycles. The van der Waals surface area contributed by atoms with E-state index in [2.05, 4.69) is 13.8 Å². The number of carbonyl (C=O) groups is 1. The molecule has 1 aliphatic heterocycles. The van der Waals surface area contributed by atoms with Gasteiger partial charge in [0.1, 0.15) is 5.75 Å². The highest BCUT2D eigenvalue weighted by molar-refractivity contribution is 7.89. The number of rotatable bonds is 6. The lowest BCUT2D eigenvalue weighted by Gasteiger charge is -2.35. The Morgan fingerprint density at radius 2 is 1.53 bits per heavy atom. The Balaban J connectivity index is 1.62. The Kier molecular flexibility index (Phi) is 6.83. The highest BCUT2D eigenvalue weighted by Gasteiger charge is 2.32. The van der Waals surface area contributed by atoms with Crippen molar-refractivity contribution < 1.29 is 17.9 Å². The van der Waals surface area contributed by atoms with Gasteiger partial charge >= 0.3 is 0 Å². The highest BCUT2D eigenvalue weighted by Crippen LogP contribution is 2.27. The molecule has 0 aliphatic carbocycles. The summed E-state index contributed by atoms with van der Waals surface area (Å²) in [5.41, 5.74) is 2.07. The quantitative estimate of drug-likeness (QED) is 0.704. The normalized spacial score (nSPS) is 16.5. The van der Waals surface area contributed by atoms with Crippen LogP contribution < -0.4 is 4.74 Å². The third-order valence-electron chi connectivity index (χ3n) is 5.40. The van der Waals surface area contributed by atoms with Crippen molar-refractivity contribution in [3.8, 4) is 5.75 Å². The van der Waals surface area contributed by atoms with E-state index in [0.29, 0.717) is 24.8 Å². The number of sulfonamides is 1. The van der Waals surface area contributed by atoms with Crippen LogP contribution in [0.1, 0.15) is 37.8 Å². The molecule has 162 valence electrons. The van der Waals surface area contributed by atoms with Gasteiger partial charge in [-0.2, -0.15) is 4.31 Å². The zero-order valence-electron chi connectivity index (χ0n) is 18.0. The van der Waals surface area contributed by atoms with E-state index < -0.39 is 16.1 Å². The van der Waals surface area contributed by atoms with E-state index in [-0.39, 0.29) is 23.9 Å². The van der Waals surface area contributed by atoms with Crippen LogP contribution in [0, 0.1) is 6.92 Å². The average Bonchev–Trinajstić information content (AvgIpc) is 2.74. The average molecular weight is 431 g/mol. The molecule has 0 N–H and O–H groups in total. The van der Waals surface area contributed by atoms with Gasteiger partial charge < -0.3 is 9.64 Å². The number of hydrogen-bond donors (Lipinski definition) is 0. The molecule has 0 spiro atoms. The van der Waals surface area contributed by atoms with Crippen molar-refractivity contribution in [2.45, 2.75) is 44.6 Å². The third kappa shape index (κ3) is 4.84. The lowest BCUT2D eigenvalue weighted by molar-refractivity contribution is -0.139. The Labute approximate surface area is 179 Å². The van der Waals surface area contributed by atoms with Crippen molar-refractivity contribution in [2.75, 3.05) is 26.2 Å². The van der Waals surface area contributed by atoms with Gasteiger partial charge in [-0.3, -0.25) is 4.79 Å². The predicted octanol–water partition coefficient (Wildman–Crippen LogP) is 3.42. The van der Waals surface area contributed by atoms with E-state index >= 15 is 0 Å². The summed E-state index contributed by atoms with van der Waals surface area (Å²) in [5, 5.41) is 0. The Bertz CT molecular complexity index is 979. The van der Waals surface area contributed by atoms with Crippen molar-refractivity contribution in [3.05, 3.63) is 59.7 Å². The standard InChI is InChI=1S/C23H30N2O4S/c1-17(2)21-7-5-6-8-22(21)29-19(4)23(26)24-13-15-25(16-14-24)30(27,28)20-11-9-18(3)10-12-20/h5-12,17,19H,13-16H2,1-4H3/t19-/m1/s1. The van der Waals surface area contributed by atoms with Crippen LogP contribution >= 0.6 is 0 Å². The topological polar surface area (TPSA) is 66.9 Å². The van der Waals surface area contributed by atoms with E-state index in [0.717, 1.165) is 11.1 Å². The van der Waals surface area contributed by atoms with Crippen molar-refractivity contribution in [1.82, 2.24) is 9.21 Å². The van der Waals surface area contributed by atoms with Gasteiger partial charge in [0.05, 0.1) is 4.90 Å². The molecule has 0 aromatic heterocycles. The number of carbonyl (C=O) groups excluding carboxylic acids is 1. The number of amides is 1. The summed E-state index contributed by atoms with van der Waals surface area (Å²) in [6.07, 6.45) is -0.634. The lowest BCUT2D eigenvalue weighted by Crippen LogP contribution is -2.53. The number of benzene rings is 2. The molecule has 1 saturated heterocycles. The third-order valence-corrected chi connectivity index (χ3v) is 7.31. The fourth-order valence-corrected chi connectivity index (χ4v) is 4.99. The van der Waals surface area contributed by atoms with Gasteiger partial charge in [-0.25, -0.2) is 8.42 Å². The van der Waals surface area contributed by atoms with Crippen molar-refractivity contribution in [1.29, 1.82) is 0 Å². The van der Waals surface area contributed by atoms with Crippen molar-refractivity contribution >= 4 is 15.9 Å². The summed E-state index contributed by atoms with van der Waals surface area (Å²) in [4.78, 5) is 14.9. The molecule has 1 heterocycles. The summed E-state index contributed by atoms with van der Waals surface area (Å²) >= 11 is 0. The molecule has 0 radical (unpaired) electrons. The summed E-state index contributed by atoms with van der Waals surface area (Å²) in [7, 11) is -3.55. The molecule has 0 bridgehead atoms. The van der Waals surface area contributed by atoms with Gasteiger partial charge in [-0.1, -0.05) is 49.7 Å². The molecule has 2 aromatic rings. The Morgan fingerprint density at radius 3 is 2.13 bits per heavy atom. The molecular weight excluding hydrogens is 400 g/mol. The molecule has 0 unspecified atom stereocenters. The van der Waals surface area contributed by atoms with Gasteiger partial charge in [-0.05, 0) is 43.5 Å². The fraction of sp³-hybridized carbons (Fsp3) is 0.435. The van der Waals surface area contributed by atoms with Crippen molar-refractivity contribution in [3.63, 3.8) is 0 Å². The number of nitrogens with zero attached hydrogens (tertiary/aromatic N) is 2. The second-order valence-corrected chi connectivity index (χ2v) is 9.93. The second kappa shape index (κ2) is 9.18. The van der Waals surface area contributed by atoms with Crippen LogP contribution in [0.3, 0.4) is 0 Å². The molecule has 1 amide bonds. The number of ether oxygens (including phenoxy) is 1. The first kappa shape index (κ1) is 22.3. The first-order valence-electron chi connectivity index (χ1n) is 10.3. The van der Waals surface area contributed by atoms with Crippen LogP contribution in [0.5, 0.6) is 5.75 Å². The van der Waals surface area contributed by atoms with Gasteiger partial charge in [0.25, 0.3) is 5.91 Å². The zero-order valence-corrected chi connectivity index (χ0v) is 18.9. The molecule has 1 fully saturated rings. The molecule has 30 heavy (non-hydrogen) atoms. The van der Waals surface area contributed by atoms with E-state index in [1.54, 1.807) is 36.1 Å². The minimum atomic E-state index is -3.55. The van der Waals surface area contributed by atoms with Crippen LogP contribution in [0.15, 0.2) is 53.4 Å². The number of para-hydroxylation sites is 1. The summed E-state index contributed by atoms with van der Waals surface area (Å²) in [5.74, 6) is 0.883. The molecule has 7 heteroatoms. The Hall–Kier alpha value is -2.38. The fourth-order valence-electron chi connectivity index (χ4n) is 3.57. The predicted molar refractivity (Wildman–Crippen MR) is 117 cm³/mol. The van der Waals surface area contributed by atoms with Crippen LogP contribution in [-0.2, 0) is 14.8 Å². The van der Waals surface area contributed by atoms with Gasteiger partial charge in [0.15, 0.2) is 6.10 Å². The largest absolute Gasteiger partial charge is 0.481 e. The maximum absolute atomic E-state index is 12.9. The minimum absolute atomic E-state index is 0.124. The van der Waals surface area contributed by atoms with Crippen molar-refractivity contribution in [2.24, 2.45) is 0 Å². The number of hydrogen-bond acceptors (Lipinski definition) is 4. The molecule has 0 saturated carbocycles.